The van der Waals surface area contributed by atoms with Gasteiger partial charge in [-0.2, -0.15) is 8.42 Å². The van der Waals surface area contributed by atoms with Crippen LogP contribution in [0.25, 0.3) is 0 Å². The summed E-state index contributed by atoms with van der Waals surface area (Å²) in [5.74, 6) is 0.171. The van der Waals surface area contributed by atoms with E-state index in [9.17, 15) is 8.42 Å². The van der Waals surface area contributed by atoms with Crippen molar-refractivity contribution in [3.63, 3.8) is 0 Å². The second-order valence-electron chi connectivity index (χ2n) is 4.32. The molecule has 2 unspecified atom stereocenters. The summed E-state index contributed by atoms with van der Waals surface area (Å²) < 4.78 is 26.9. The van der Waals surface area contributed by atoms with Gasteiger partial charge in [-0.25, -0.2) is 0 Å². The minimum Gasteiger partial charge on any atom is -0.264 e. The van der Waals surface area contributed by atoms with Crippen LogP contribution in [0.4, 0.5) is 0 Å². The van der Waals surface area contributed by atoms with Crippen LogP contribution in [0.15, 0.2) is 0 Å². The lowest BCUT2D eigenvalue weighted by atomic mass is 10.1. The maximum absolute atomic E-state index is 11.0. The van der Waals surface area contributed by atoms with E-state index in [1.165, 1.54) is 19.3 Å². The highest BCUT2D eigenvalue weighted by Crippen LogP contribution is 2.28. The van der Waals surface area contributed by atoms with Gasteiger partial charge < -0.3 is 0 Å². The normalized spacial score (nSPS) is 21.8. The zero-order valence-corrected chi connectivity index (χ0v) is 11.8. The van der Waals surface area contributed by atoms with Crippen LogP contribution in [-0.2, 0) is 14.3 Å². The highest BCUT2D eigenvalue weighted by Gasteiger charge is 2.29. The van der Waals surface area contributed by atoms with Gasteiger partial charge in [0, 0.05) is 13.1 Å². The lowest BCUT2D eigenvalue weighted by Crippen LogP contribution is -2.40. The first-order valence-electron chi connectivity index (χ1n) is 5.52. The smallest absolute Gasteiger partial charge is 0.264 e. The van der Waals surface area contributed by atoms with Gasteiger partial charge in [-0.1, -0.05) is 6.42 Å². The van der Waals surface area contributed by atoms with Crippen LogP contribution in [0.2, 0.25) is 0 Å². The first-order chi connectivity index (χ1) is 7.40. The summed E-state index contributed by atoms with van der Waals surface area (Å²) in [5, 5.41) is 0. The molecule has 0 N–H and O–H groups in total. The Balaban J connectivity index is 2.56. The van der Waals surface area contributed by atoms with E-state index in [1.807, 2.05) is 0 Å². The van der Waals surface area contributed by atoms with Crippen molar-refractivity contribution in [2.24, 2.45) is 0 Å². The Labute approximate surface area is 99.5 Å². The predicted molar refractivity (Wildman–Crippen MR) is 70.0 cm³/mol. The predicted octanol–water partition coefficient (Wildman–Crippen LogP) is 1.32. The zero-order chi connectivity index (χ0) is 12.2. The van der Waals surface area contributed by atoms with Crippen LogP contribution in [0.1, 0.15) is 19.3 Å². The van der Waals surface area contributed by atoms with Gasteiger partial charge in [0.05, 0.1) is 19.2 Å². The molecule has 1 fully saturated rings. The first kappa shape index (κ1) is 14.1. The maximum atomic E-state index is 11.0. The van der Waals surface area contributed by atoms with Crippen molar-refractivity contribution in [3.05, 3.63) is 0 Å². The van der Waals surface area contributed by atoms with Crippen molar-refractivity contribution in [1.82, 2.24) is 4.90 Å². The summed E-state index contributed by atoms with van der Waals surface area (Å²) in [6, 6.07) is 0. The molecule has 0 bridgehead atoms. The molecule has 0 aromatic carbocycles. The molecular weight excluding hydrogens is 245 g/mol. The van der Waals surface area contributed by atoms with E-state index in [2.05, 4.69) is 17.9 Å². The molecule has 16 heavy (non-hydrogen) atoms. The molecule has 94 valence electrons. The third-order valence-electron chi connectivity index (χ3n) is 2.75. The van der Waals surface area contributed by atoms with Crippen molar-refractivity contribution >= 4 is 24.0 Å². The highest BCUT2D eigenvalue weighted by molar-refractivity contribution is 7.86. The van der Waals surface area contributed by atoms with Gasteiger partial charge in [-0.15, -0.1) is 0 Å². The fraction of sp³-hybridized carbons (Fsp3) is 0.900. The van der Waals surface area contributed by atoms with E-state index < -0.39 is 17.7 Å². The van der Waals surface area contributed by atoms with Gasteiger partial charge in [-0.05, 0) is 12.8 Å². The monoisotopic (exact) mass is 266 g/mol. The molecule has 1 heterocycles. The van der Waals surface area contributed by atoms with Gasteiger partial charge in [0.15, 0.2) is 5.78 Å². The molecular formula is C10H21NO3PS+. The van der Waals surface area contributed by atoms with Crippen molar-refractivity contribution in [3.8, 4) is 0 Å². The Hall–Kier alpha value is 0.0400. The largest absolute Gasteiger partial charge is 0.264 e. The minimum absolute atomic E-state index is 0.171. The summed E-state index contributed by atoms with van der Waals surface area (Å²) >= 11 is 0. The van der Waals surface area contributed by atoms with Crippen LogP contribution in [0, 0.1) is 0 Å². The molecule has 1 rings (SSSR count). The Morgan fingerprint density at radius 3 is 2.38 bits per heavy atom. The Bertz CT molecular complexity index is 336. The number of rotatable bonds is 5. The van der Waals surface area contributed by atoms with Crippen LogP contribution in [-0.4, -0.2) is 58.0 Å². The molecule has 1 aliphatic heterocycles. The second-order valence-corrected chi connectivity index (χ2v) is 8.08. The third kappa shape index (κ3) is 4.91. The fourth-order valence-corrected chi connectivity index (χ4v) is 3.51. The van der Waals surface area contributed by atoms with Gasteiger partial charge in [0.2, 0.25) is 0 Å². The summed E-state index contributed by atoms with van der Waals surface area (Å²) in [6.07, 6.45) is 8.82. The van der Waals surface area contributed by atoms with E-state index in [1.54, 1.807) is 0 Å². The number of likely N-dealkylation sites (tertiary alicyclic amines) is 1. The van der Waals surface area contributed by atoms with Gasteiger partial charge in [0.1, 0.15) is 14.2 Å². The molecule has 0 aliphatic carbocycles. The first-order valence-corrected chi connectivity index (χ1v) is 9.38. The summed E-state index contributed by atoms with van der Waals surface area (Å²) in [6.45, 7) is 4.41. The van der Waals surface area contributed by atoms with E-state index in [4.69, 9.17) is 4.18 Å². The van der Waals surface area contributed by atoms with Crippen molar-refractivity contribution in [2.45, 2.75) is 25.0 Å². The zero-order valence-electron chi connectivity index (χ0n) is 10.1. The summed E-state index contributed by atoms with van der Waals surface area (Å²) in [7, 11) is -3.79. The Morgan fingerprint density at radius 1 is 1.38 bits per heavy atom. The second kappa shape index (κ2) is 6.10. The molecule has 1 aliphatic rings. The van der Waals surface area contributed by atoms with Crippen LogP contribution in [0.3, 0.4) is 0 Å². The average Bonchev–Trinajstić information content (AvgIpc) is 2.17. The van der Waals surface area contributed by atoms with Crippen molar-refractivity contribution in [1.29, 1.82) is 0 Å². The van der Waals surface area contributed by atoms with Gasteiger partial charge in [0.25, 0.3) is 10.1 Å². The third-order valence-corrected chi connectivity index (χ3v) is 4.81. The maximum Gasteiger partial charge on any atom is 0.264 e. The summed E-state index contributed by atoms with van der Waals surface area (Å²) in [4.78, 5) is 2.33. The van der Waals surface area contributed by atoms with E-state index in [0.717, 1.165) is 19.3 Å². The molecule has 0 spiro atoms. The average molecular weight is 266 g/mol. The van der Waals surface area contributed by atoms with Crippen LogP contribution < -0.4 is 0 Å². The number of nitrogens with zero attached hydrogens (tertiary/aromatic N) is 1. The number of hydrogen-bond acceptors (Lipinski definition) is 4. The molecule has 4 nitrogen and oxygen atoms in total. The molecule has 6 heteroatoms. The quantitative estimate of drug-likeness (QED) is 0.556. The lowest BCUT2D eigenvalue weighted by molar-refractivity contribution is 0.165. The topological polar surface area (TPSA) is 46.6 Å². The van der Waals surface area contributed by atoms with Gasteiger partial charge >= 0.3 is 0 Å². The Morgan fingerprint density at radius 2 is 1.94 bits per heavy atom. The molecule has 1 saturated heterocycles. The minimum atomic E-state index is -3.34. The molecule has 0 aromatic rings. The number of hydrogen-bond donors (Lipinski definition) is 0. The molecule has 0 radical (unpaired) electrons. The standard InChI is InChI=1S/C10H21NO3PS/c1-15(2)10(9-14-16(3,12)13)11-7-5-4-6-8-11/h10H,1,4-9H2,2-3H3/q+1. The van der Waals surface area contributed by atoms with Crippen LogP contribution >= 0.6 is 7.55 Å². The SMILES string of the molecule is C=[P+](C)C(COS(C)(=O)=O)N1CCCCC1. The van der Waals surface area contributed by atoms with Gasteiger partial charge in [-0.3, -0.25) is 9.08 Å². The van der Waals surface area contributed by atoms with E-state index in [0.29, 0.717) is 0 Å². The molecule has 0 amide bonds. The van der Waals surface area contributed by atoms with E-state index >= 15 is 0 Å². The summed E-state index contributed by atoms with van der Waals surface area (Å²) in [5.41, 5.74) is 0. The van der Waals surface area contributed by atoms with Crippen LogP contribution in [0.5, 0.6) is 0 Å². The highest BCUT2D eigenvalue weighted by atomic mass is 32.2. The number of piperidine rings is 1. The molecule has 0 saturated carbocycles. The van der Waals surface area contributed by atoms with E-state index in [-0.39, 0.29) is 12.4 Å². The van der Waals surface area contributed by atoms with Crippen molar-refractivity contribution in [2.75, 3.05) is 32.6 Å². The molecule has 2 atom stereocenters. The molecule has 0 aromatic heterocycles. The fourth-order valence-electron chi connectivity index (χ4n) is 1.91. The van der Waals surface area contributed by atoms with Crippen molar-refractivity contribution < 1.29 is 12.6 Å². The Kier molecular flexibility index (Phi) is 5.38. The lowest BCUT2D eigenvalue weighted by Gasteiger charge is -2.29.